The number of methoxy groups -OCH3 is 1. The maximum atomic E-state index is 15.8. The number of alkyl halides is 3. The summed E-state index contributed by atoms with van der Waals surface area (Å²) in [5.74, 6) is -1.92. The summed E-state index contributed by atoms with van der Waals surface area (Å²) in [6.45, 7) is 2.85. The Hall–Kier alpha value is -2.73. The fourth-order valence-electron chi connectivity index (χ4n) is 6.61. The Bertz CT molecular complexity index is 1250. The molecule has 11 heteroatoms. The zero-order valence-electron chi connectivity index (χ0n) is 24.7. The van der Waals surface area contributed by atoms with Gasteiger partial charge in [-0.2, -0.15) is 13.2 Å². The molecule has 0 radical (unpaired) electrons. The average molecular weight is 611 g/mol. The highest BCUT2D eigenvalue weighted by Crippen LogP contribution is 2.46. The zero-order chi connectivity index (χ0) is 31.4. The van der Waals surface area contributed by atoms with Crippen molar-refractivity contribution in [1.82, 2.24) is 4.90 Å². The van der Waals surface area contributed by atoms with Crippen LogP contribution >= 0.6 is 0 Å². The third-order valence-electron chi connectivity index (χ3n) is 8.80. The molecule has 1 heterocycles. The van der Waals surface area contributed by atoms with E-state index in [2.05, 4.69) is 0 Å². The predicted octanol–water partition coefficient (Wildman–Crippen LogP) is 5.25. The average Bonchev–Trinajstić information content (AvgIpc) is 3.32. The highest BCUT2D eigenvalue weighted by Gasteiger charge is 2.45. The predicted molar refractivity (Wildman–Crippen MR) is 154 cm³/mol. The first-order valence-corrected chi connectivity index (χ1v) is 15.0. The van der Waals surface area contributed by atoms with Crippen LogP contribution in [-0.4, -0.2) is 66.6 Å². The number of aliphatic hydroxyl groups excluding tert-OH is 1. The summed E-state index contributed by atoms with van der Waals surface area (Å²) in [4.78, 5) is 15.1. The topological polar surface area (TPSA) is 105 Å². The van der Waals surface area contributed by atoms with Crippen LogP contribution in [0, 0.1) is 17.7 Å². The molecule has 1 amide bonds. The summed E-state index contributed by atoms with van der Waals surface area (Å²) in [5.41, 5.74) is 3.28. The third-order valence-corrected chi connectivity index (χ3v) is 8.80. The smallest absolute Gasteiger partial charge is 0.416 e. The van der Waals surface area contributed by atoms with Gasteiger partial charge < -0.3 is 30.3 Å². The number of aliphatic hydroxyl groups is 2. The fourth-order valence-corrected chi connectivity index (χ4v) is 6.61. The van der Waals surface area contributed by atoms with E-state index in [4.69, 9.17) is 15.2 Å². The molecule has 2 aromatic carbocycles. The largest absolute Gasteiger partial charge is 0.494 e. The molecule has 0 spiro atoms. The summed E-state index contributed by atoms with van der Waals surface area (Å²) in [6, 6.07) is 6.80. The molecule has 238 valence electrons. The quantitative estimate of drug-likeness (QED) is 0.237. The Morgan fingerprint density at radius 3 is 2.58 bits per heavy atom. The molecular weight excluding hydrogens is 568 g/mol. The summed E-state index contributed by atoms with van der Waals surface area (Å²) >= 11 is 0. The van der Waals surface area contributed by atoms with Crippen LogP contribution in [0.5, 0.6) is 5.75 Å². The number of piperidine rings is 1. The Balaban J connectivity index is 1.77. The minimum absolute atomic E-state index is 0.0561. The second kappa shape index (κ2) is 13.9. The number of hydrogen-bond donors (Lipinski definition) is 3. The minimum atomic E-state index is -4.70. The van der Waals surface area contributed by atoms with Crippen molar-refractivity contribution < 1.29 is 42.0 Å². The van der Waals surface area contributed by atoms with Gasteiger partial charge in [0.05, 0.1) is 23.9 Å². The number of hydrogen-bond acceptors (Lipinski definition) is 6. The second-order valence-corrected chi connectivity index (χ2v) is 11.7. The first kappa shape index (κ1) is 33.2. The SMILES string of the molecule is CCOc1cc(-c2c(F)cccc2[C@@](O)(CCCCOC)C2CCCN(C(=O)[C@H]3C[C@@H](N)[C@@H](O)C3)C2)cc(C(F)(F)F)c1. The Morgan fingerprint density at radius 1 is 1.16 bits per heavy atom. The van der Waals surface area contributed by atoms with Gasteiger partial charge in [0.2, 0.25) is 5.91 Å². The Morgan fingerprint density at radius 2 is 1.93 bits per heavy atom. The van der Waals surface area contributed by atoms with E-state index >= 15 is 4.39 Å². The molecule has 1 aliphatic carbocycles. The molecule has 5 atom stereocenters. The highest BCUT2D eigenvalue weighted by atomic mass is 19.4. The molecule has 1 saturated carbocycles. The first-order valence-electron chi connectivity index (χ1n) is 15.0. The molecule has 7 nitrogen and oxygen atoms in total. The van der Waals surface area contributed by atoms with Crippen LogP contribution in [0.3, 0.4) is 0 Å². The molecule has 1 aliphatic heterocycles. The van der Waals surface area contributed by atoms with Gasteiger partial charge in [-0.1, -0.05) is 12.1 Å². The Labute approximate surface area is 250 Å². The second-order valence-electron chi connectivity index (χ2n) is 11.7. The molecule has 2 aromatic rings. The number of nitrogens with two attached hydrogens (primary N) is 1. The number of nitrogens with zero attached hydrogens (tertiary/aromatic N) is 1. The number of amides is 1. The maximum Gasteiger partial charge on any atom is 0.416 e. The molecule has 0 aromatic heterocycles. The van der Waals surface area contributed by atoms with Crippen molar-refractivity contribution in [1.29, 1.82) is 0 Å². The van der Waals surface area contributed by atoms with Gasteiger partial charge >= 0.3 is 6.18 Å². The molecule has 1 unspecified atom stereocenters. The van der Waals surface area contributed by atoms with Crippen LogP contribution in [-0.2, 0) is 21.3 Å². The van der Waals surface area contributed by atoms with Crippen LogP contribution < -0.4 is 10.5 Å². The number of benzene rings is 2. The first-order chi connectivity index (χ1) is 20.4. The fraction of sp³-hybridized carbons (Fsp3) is 0.594. The maximum absolute atomic E-state index is 15.8. The lowest BCUT2D eigenvalue weighted by Gasteiger charge is -2.44. The molecule has 4 N–H and O–H groups in total. The Kier molecular flexibility index (Phi) is 10.7. The number of halogens is 4. The summed E-state index contributed by atoms with van der Waals surface area (Å²) in [5, 5.41) is 22.7. The van der Waals surface area contributed by atoms with Gasteiger partial charge in [0.1, 0.15) is 11.6 Å². The van der Waals surface area contributed by atoms with Gasteiger partial charge in [0.15, 0.2) is 0 Å². The molecule has 1 saturated heterocycles. The van der Waals surface area contributed by atoms with Crippen LogP contribution in [0.1, 0.15) is 63.0 Å². The number of likely N-dealkylation sites (tertiary alicyclic amines) is 1. The van der Waals surface area contributed by atoms with Crippen molar-refractivity contribution in [2.24, 2.45) is 17.6 Å². The lowest BCUT2D eigenvalue weighted by molar-refractivity contribution is -0.141. The van der Waals surface area contributed by atoms with Crippen molar-refractivity contribution >= 4 is 5.91 Å². The number of unbranched alkanes of at least 4 members (excludes halogenated alkanes) is 1. The molecular formula is C32H42F4N2O5. The van der Waals surface area contributed by atoms with Crippen molar-refractivity contribution in [3.63, 3.8) is 0 Å². The standard InChI is InChI=1S/C32H42F4N2O5/c1-3-43-24-15-20(14-23(18-24)32(34,35)36)29-25(9-6-10-26(29)33)31(41,11-4-5-13-42-2)22-8-7-12-38(19-22)30(40)21-16-27(37)28(39)17-21/h6,9-10,14-15,18,21-22,27-28,39,41H,3-5,7-8,11-13,16-17,19,37H2,1-2H3/t21-,22?,27+,28-,31+/m0/s1. The molecule has 2 aliphatic rings. The normalized spacial score (nSPS) is 24.2. The summed E-state index contributed by atoms with van der Waals surface area (Å²) in [7, 11) is 1.57. The van der Waals surface area contributed by atoms with Crippen molar-refractivity contribution in [2.75, 3.05) is 33.4 Å². The number of carbonyl (C=O) groups excluding carboxylic acids is 1. The van der Waals surface area contributed by atoms with Crippen molar-refractivity contribution in [3.05, 3.63) is 53.3 Å². The number of carbonyl (C=O) groups is 1. The molecule has 2 fully saturated rings. The van der Waals surface area contributed by atoms with E-state index in [0.29, 0.717) is 45.3 Å². The van der Waals surface area contributed by atoms with E-state index in [-0.39, 0.29) is 54.3 Å². The third kappa shape index (κ3) is 7.50. The van der Waals surface area contributed by atoms with Crippen LogP contribution in [0.2, 0.25) is 0 Å². The monoisotopic (exact) mass is 610 g/mol. The summed E-state index contributed by atoms with van der Waals surface area (Å²) < 4.78 is 68.0. The van der Waals surface area contributed by atoms with Gasteiger partial charge in [-0.3, -0.25) is 4.79 Å². The van der Waals surface area contributed by atoms with Gasteiger partial charge in [-0.25, -0.2) is 4.39 Å². The van der Waals surface area contributed by atoms with Gasteiger partial charge in [0.25, 0.3) is 0 Å². The van der Waals surface area contributed by atoms with E-state index in [1.165, 1.54) is 12.1 Å². The zero-order valence-corrected chi connectivity index (χ0v) is 24.7. The van der Waals surface area contributed by atoms with Crippen molar-refractivity contribution in [3.8, 4) is 16.9 Å². The van der Waals surface area contributed by atoms with Crippen LogP contribution in [0.4, 0.5) is 17.6 Å². The lowest BCUT2D eigenvalue weighted by atomic mass is 9.71. The molecule has 4 rings (SSSR count). The van der Waals surface area contributed by atoms with Gasteiger partial charge in [-0.05, 0) is 87.3 Å². The summed E-state index contributed by atoms with van der Waals surface area (Å²) in [6.07, 6.45) is -2.41. The van der Waals surface area contributed by atoms with Crippen LogP contribution in [0.15, 0.2) is 36.4 Å². The van der Waals surface area contributed by atoms with E-state index in [1.54, 1.807) is 25.0 Å². The van der Waals surface area contributed by atoms with Crippen LogP contribution in [0.25, 0.3) is 11.1 Å². The van der Waals surface area contributed by atoms with E-state index < -0.39 is 47.1 Å². The highest BCUT2D eigenvalue weighted by molar-refractivity contribution is 5.79. The van der Waals surface area contributed by atoms with E-state index in [0.717, 1.165) is 18.2 Å². The lowest BCUT2D eigenvalue weighted by Crippen LogP contribution is -2.49. The van der Waals surface area contributed by atoms with E-state index in [9.17, 15) is 28.2 Å². The number of rotatable bonds is 11. The molecule has 43 heavy (non-hydrogen) atoms. The van der Waals surface area contributed by atoms with Gasteiger partial charge in [-0.15, -0.1) is 0 Å². The van der Waals surface area contributed by atoms with Gasteiger partial charge in [0, 0.05) is 50.2 Å². The molecule has 0 bridgehead atoms. The van der Waals surface area contributed by atoms with E-state index in [1.807, 2.05) is 0 Å². The minimum Gasteiger partial charge on any atom is -0.494 e. The number of ether oxygens (including phenoxy) is 2. The van der Waals surface area contributed by atoms with Crippen molar-refractivity contribution in [2.45, 2.75) is 75.8 Å².